The molecule has 6 nitrogen and oxygen atoms in total. The Bertz CT molecular complexity index is 947. The van der Waals surface area contributed by atoms with Gasteiger partial charge in [0, 0.05) is 6.07 Å². The molecule has 0 fully saturated rings. The van der Waals surface area contributed by atoms with Crippen LogP contribution in [-0.2, 0) is 16.1 Å². The third-order valence-corrected chi connectivity index (χ3v) is 4.50. The fourth-order valence-corrected chi connectivity index (χ4v) is 3.20. The topological polar surface area (TPSA) is 86.5 Å². The van der Waals surface area contributed by atoms with E-state index in [-0.39, 0.29) is 17.5 Å². The summed E-state index contributed by atoms with van der Waals surface area (Å²) in [7, 11) is 0. The molecule has 1 atom stereocenters. The van der Waals surface area contributed by atoms with E-state index >= 15 is 0 Å². The number of aromatic nitrogens is 1. The highest BCUT2D eigenvalue weighted by Gasteiger charge is 2.31. The molecule has 28 heavy (non-hydrogen) atoms. The largest absolute Gasteiger partial charge is 0.573 e. The average Bonchev–Trinajstić information content (AvgIpc) is 3.02. The number of alkyl halides is 3. The Labute approximate surface area is 162 Å². The molecule has 2 aromatic carbocycles. The normalized spacial score (nSPS) is 12.7. The van der Waals surface area contributed by atoms with Gasteiger partial charge in [-0.2, -0.15) is 0 Å². The van der Waals surface area contributed by atoms with Crippen molar-refractivity contribution in [2.24, 2.45) is 5.73 Å². The van der Waals surface area contributed by atoms with Crippen LogP contribution >= 0.6 is 11.3 Å². The van der Waals surface area contributed by atoms with Gasteiger partial charge in [0.1, 0.15) is 11.8 Å². The van der Waals surface area contributed by atoms with E-state index in [1.807, 2.05) is 30.3 Å². The van der Waals surface area contributed by atoms with Crippen LogP contribution in [0, 0.1) is 0 Å². The molecule has 0 saturated heterocycles. The lowest BCUT2D eigenvalue weighted by atomic mass is 10.2. The number of ether oxygens (including phenoxy) is 2. The number of amides is 1. The number of hydrogen-bond donors (Lipinski definition) is 2. The van der Waals surface area contributed by atoms with E-state index in [1.165, 1.54) is 12.1 Å². The van der Waals surface area contributed by atoms with Crippen LogP contribution in [0.15, 0.2) is 48.5 Å². The minimum absolute atomic E-state index is 0.00912. The molecule has 148 valence electrons. The van der Waals surface area contributed by atoms with Gasteiger partial charge < -0.3 is 20.5 Å². The fraction of sp³-hybridized carbons (Fsp3) is 0.222. The van der Waals surface area contributed by atoms with Gasteiger partial charge in [0.15, 0.2) is 5.13 Å². The molecular formula is C18H16F3N3O3S. The fourth-order valence-electron chi connectivity index (χ4n) is 2.31. The first-order chi connectivity index (χ1) is 13.3. The van der Waals surface area contributed by atoms with Crippen LogP contribution in [0.3, 0.4) is 0 Å². The lowest BCUT2D eigenvalue weighted by molar-refractivity contribution is -0.274. The van der Waals surface area contributed by atoms with Crippen LogP contribution in [0.2, 0.25) is 0 Å². The number of rotatable bonds is 7. The summed E-state index contributed by atoms with van der Waals surface area (Å²) in [6.07, 6.45) is -4.78. The van der Waals surface area contributed by atoms with Gasteiger partial charge in [0.25, 0.3) is 0 Å². The van der Waals surface area contributed by atoms with Crippen LogP contribution in [0.1, 0.15) is 5.56 Å². The number of nitrogens with two attached hydrogens (primary N) is 1. The number of nitrogens with one attached hydrogen (secondary N) is 1. The molecule has 0 bridgehead atoms. The standard InChI is InChI=1S/C18H16F3N3O3S/c19-18(20,21)27-12-6-7-14-15(8-12)28-17(23-14)24-16(25)13(22)10-26-9-11-4-2-1-3-5-11/h1-8,13H,9-10,22H2,(H,23,24,25). The first-order valence-corrected chi connectivity index (χ1v) is 8.96. The van der Waals surface area contributed by atoms with Gasteiger partial charge >= 0.3 is 6.36 Å². The van der Waals surface area contributed by atoms with Gasteiger partial charge in [-0.3, -0.25) is 4.79 Å². The van der Waals surface area contributed by atoms with Crippen LogP contribution in [0.4, 0.5) is 18.3 Å². The minimum atomic E-state index is -4.78. The highest BCUT2D eigenvalue weighted by atomic mass is 32.1. The van der Waals surface area contributed by atoms with Crippen molar-refractivity contribution in [3.05, 3.63) is 54.1 Å². The molecule has 1 heterocycles. The number of anilines is 1. The lowest BCUT2D eigenvalue weighted by Gasteiger charge is -2.11. The molecular weight excluding hydrogens is 395 g/mol. The Kier molecular flexibility index (Phi) is 6.12. The van der Waals surface area contributed by atoms with Crippen molar-refractivity contribution >= 4 is 32.6 Å². The summed E-state index contributed by atoms with van der Waals surface area (Å²) in [6, 6.07) is 12.3. The van der Waals surface area contributed by atoms with Crippen LogP contribution < -0.4 is 15.8 Å². The molecule has 1 aromatic heterocycles. The zero-order valence-corrected chi connectivity index (χ0v) is 15.2. The van der Waals surface area contributed by atoms with Crippen LogP contribution in [-0.4, -0.2) is 29.9 Å². The van der Waals surface area contributed by atoms with Crippen molar-refractivity contribution in [1.82, 2.24) is 4.98 Å². The SMILES string of the molecule is NC(COCc1ccccc1)C(=O)Nc1nc2ccc(OC(F)(F)F)cc2s1. The molecule has 3 rings (SSSR count). The molecule has 10 heteroatoms. The molecule has 1 amide bonds. The third kappa shape index (κ3) is 5.65. The zero-order chi connectivity index (χ0) is 20.1. The maximum Gasteiger partial charge on any atom is 0.573 e. The second-order valence-corrected chi connectivity index (χ2v) is 6.82. The summed E-state index contributed by atoms with van der Waals surface area (Å²) >= 11 is 1.02. The van der Waals surface area contributed by atoms with E-state index in [9.17, 15) is 18.0 Å². The van der Waals surface area contributed by atoms with Gasteiger partial charge in [0.05, 0.1) is 23.4 Å². The van der Waals surface area contributed by atoms with E-state index in [1.54, 1.807) is 0 Å². The summed E-state index contributed by atoms with van der Waals surface area (Å²) in [5, 5.41) is 2.77. The molecule has 0 aliphatic rings. The molecule has 1 unspecified atom stereocenters. The molecule has 0 aliphatic heterocycles. The first kappa shape index (κ1) is 20.1. The quantitative estimate of drug-likeness (QED) is 0.620. The average molecular weight is 411 g/mol. The molecule has 0 aliphatic carbocycles. The van der Waals surface area contributed by atoms with Crippen molar-refractivity contribution in [3.8, 4) is 5.75 Å². The number of nitrogens with zero attached hydrogens (tertiary/aromatic N) is 1. The molecule has 3 aromatic rings. The van der Waals surface area contributed by atoms with Gasteiger partial charge in [-0.05, 0) is 17.7 Å². The summed E-state index contributed by atoms with van der Waals surface area (Å²) in [6.45, 7) is 0.333. The van der Waals surface area contributed by atoms with E-state index in [0.717, 1.165) is 23.0 Å². The first-order valence-electron chi connectivity index (χ1n) is 8.14. The summed E-state index contributed by atoms with van der Waals surface area (Å²) in [4.78, 5) is 16.3. The van der Waals surface area contributed by atoms with Crippen molar-refractivity contribution in [2.75, 3.05) is 11.9 Å². The Morgan fingerprint density at radius 2 is 1.96 bits per heavy atom. The zero-order valence-electron chi connectivity index (χ0n) is 14.4. The number of carbonyl (C=O) groups is 1. The maximum absolute atomic E-state index is 12.3. The summed E-state index contributed by atoms with van der Waals surface area (Å²) in [5.41, 5.74) is 7.20. The number of carbonyl (C=O) groups excluding carboxylic acids is 1. The Balaban J connectivity index is 1.56. The second kappa shape index (κ2) is 8.55. The van der Waals surface area contributed by atoms with Gasteiger partial charge in [0.2, 0.25) is 5.91 Å². The summed E-state index contributed by atoms with van der Waals surface area (Å²) < 4.78 is 46.6. The number of benzene rings is 2. The Hall–Kier alpha value is -2.69. The molecule has 0 spiro atoms. The van der Waals surface area contributed by atoms with Crippen LogP contribution in [0.5, 0.6) is 5.75 Å². The highest BCUT2D eigenvalue weighted by Crippen LogP contribution is 2.31. The van der Waals surface area contributed by atoms with E-state index in [2.05, 4.69) is 15.0 Å². The Morgan fingerprint density at radius 3 is 2.68 bits per heavy atom. The Morgan fingerprint density at radius 1 is 1.21 bits per heavy atom. The van der Waals surface area contributed by atoms with E-state index in [4.69, 9.17) is 10.5 Å². The maximum atomic E-state index is 12.3. The highest BCUT2D eigenvalue weighted by molar-refractivity contribution is 7.22. The lowest BCUT2D eigenvalue weighted by Crippen LogP contribution is -2.39. The predicted molar refractivity (Wildman–Crippen MR) is 99.0 cm³/mol. The molecule has 0 radical (unpaired) electrons. The number of thiazole rings is 1. The van der Waals surface area contributed by atoms with Gasteiger partial charge in [-0.15, -0.1) is 13.2 Å². The predicted octanol–water partition coefficient (Wildman–Crippen LogP) is 3.68. The summed E-state index contributed by atoms with van der Waals surface area (Å²) in [5.74, 6) is -0.855. The van der Waals surface area contributed by atoms with Crippen LogP contribution in [0.25, 0.3) is 10.2 Å². The third-order valence-electron chi connectivity index (χ3n) is 3.57. The van der Waals surface area contributed by atoms with Gasteiger partial charge in [-0.25, -0.2) is 4.98 Å². The van der Waals surface area contributed by atoms with Crippen molar-refractivity contribution in [2.45, 2.75) is 19.0 Å². The van der Waals surface area contributed by atoms with E-state index in [0.29, 0.717) is 16.8 Å². The number of hydrogen-bond acceptors (Lipinski definition) is 6. The number of halogens is 3. The van der Waals surface area contributed by atoms with E-state index < -0.39 is 18.3 Å². The van der Waals surface area contributed by atoms with Crippen molar-refractivity contribution in [1.29, 1.82) is 0 Å². The van der Waals surface area contributed by atoms with Crippen molar-refractivity contribution in [3.63, 3.8) is 0 Å². The smallest absolute Gasteiger partial charge is 0.406 e. The minimum Gasteiger partial charge on any atom is -0.406 e. The van der Waals surface area contributed by atoms with Crippen molar-refractivity contribution < 1.29 is 27.4 Å². The molecule has 0 saturated carbocycles. The molecule has 3 N–H and O–H groups in total. The monoisotopic (exact) mass is 411 g/mol. The van der Waals surface area contributed by atoms with Gasteiger partial charge in [-0.1, -0.05) is 41.7 Å². The number of fused-ring (bicyclic) bond motifs is 1. The second-order valence-electron chi connectivity index (χ2n) is 5.79.